The van der Waals surface area contributed by atoms with Crippen molar-refractivity contribution >= 4 is 11.8 Å². The summed E-state index contributed by atoms with van der Waals surface area (Å²) in [5, 5.41) is 9.67. The highest BCUT2D eigenvalue weighted by atomic mass is 32.2. The second kappa shape index (κ2) is 8.43. The fraction of sp³-hybridized carbons (Fsp3) is 1.00. The van der Waals surface area contributed by atoms with Gasteiger partial charge in [0, 0.05) is 6.54 Å². The molecule has 0 spiro atoms. The first-order chi connectivity index (χ1) is 7.02. The largest absolute Gasteiger partial charge is 0.389 e. The standard InChI is InChI=1S/C12H27NOS/c1-4-11(2)9-15-8-6-5-7-12(3,14)10-13/h11,14H,4-10,13H2,1-3H3. The van der Waals surface area contributed by atoms with Crippen LogP contribution in [0.2, 0.25) is 0 Å². The molecule has 3 heteroatoms. The first-order valence-electron chi connectivity index (χ1n) is 6.02. The van der Waals surface area contributed by atoms with Crippen molar-refractivity contribution < 1.29 is 5.11 Å². The zero-order chi connectivity index (χ0) is 11.7. The van der Waals surface area contributed by atoms with Gasteiger partial charge in [0.25, 0.3) is 0 Å². The maximum atomic E-state index is 9.67. The Bertz CT molecular complexity index is 151. The molecule has 0 aromatic carbocycles. The van der Waals surface area contributed by atoms with E-state index in [0.717, 1.165) is 18.8 Å². The van der Waals surface area contributed by atoms with Gasteiger partial charge in [-0.2, -0.15) is 11.8 Å². The van der Waals surface area contributed by atoms with Crippen LogP contribution in [0.15, 0.2) is 0 Å². The summed E-state index contributed by atoms with van der Waals surface area (Å²) in [4.78, 5) is 0. The zero-order valence-corrected chi connectivity index (χ0v) is 11.3. The van der Waals surface area contributed by atoms with Crippen LogP contribution in [-0.2, 0) is 0 Å². The van der Waals surface area contributed by atoms with E-state index in [1.807, 2.05) is 18.7 Å². The first-order valence-corrected chi connectivity index (χ1v) is 7.17. The van der Waals surface area contributed by atoms with Crippen LogP contribution in [0, 0.1) is 5.92 Å². The molecule has 2 atom stereocenters. The van der Waals surface area contributed by atoms with E-state index in [-0.39, 0.29) is 0 Å². The summed E-state index contributed by atoms with van der Waals surface area (Å²) in [6.45, 7) is 6.72. The van der Waals surface area contributed by atoms with E-state index in [9.17, 15) is 5.11 Å². The lowest BCUT2D eigenvalue weighted by molar-refractivity contribution is 0.0577. The van der Waals surface area contributed by atoms with Gasteiger partial charge in [0.15, 0.2) is 0 Å². The molecular formula is C12H27NOS. The Balaban J connectivity index is 3.25. The Morgan fingerprint density at radius 3 is 2.60 bits per heavy atom. The van der Waals surface area contributed by atoms with Crippen molar-refractivity contribution in [1.82, 2.24) is 0 Å². The minimum Gasteiger partial charge on any atom is -0.389 e. The summed E-state index contributed by atoms with van der Waals surface area (Å²) in [5.74, 6) is 3.32. The monoisotopic (exact) mass is 233 g/mol. The van der Waals surface area contributed by atoms with Crippen LogP contribution in [0.5, 0.6) is 0 Å². The number of thioether (sulfide) groups is 1. The van der Waals surface area contributed by atoms with Crippen molar-refractivity contribution in [2.45, 2.75) is 52.1 Å². The number of hydrogen-bond acceptors (Lipinski definition) is 3. The molecule has 0 bridgehead atoms. The predicted octanol–water partition coefficient (Wildman–Crippen LogP) is 2.65. The van der Waals surface area contributed by atoms with Crippen molar-refractivity contribution in [1.29, 1.82) is 0 Å². The topological polar surface area (TPSA) is 46.2 Å². The van der Waals surface area contributed by atoms with E-state index in [4.69, 9.17) is 5.73 Å². The van der Waals surface area contributed by atoms with Gasteiger partial charge in [0.05, 0.1) is 5.60 Å². The summed E-state index contributed by atoms with van der Waals surface area (Å²) < 4.78 is 0. The lowest BCUT2D eigenvalue weighted by atomic mass is 10.00. The molecule has 0 saturated carbocycles. The third kappa shape index (κ3) is 9.21. The van der Waals surface area contributed by atoms with Gasteiger partial charge in [-0.15, -0.1) is 0 Å². The van der Waals surface area contributed by atoms with Gasteiger partial charge in [-0.05, 0) is 43.6 Å². The average Bonchev–Trinajstić information content (AvgIpc) is 2.22. The Hall–Kier alpha value is 0.270. The third-order valence-electron chi connectivity index (χ3n) is 2.79. The molecule has 2 unspecified atom stereocenters. The molecule has 0 heterocycles. The molecule has 0 rings (SSSR count). The van der Waals surface area contributed by atoms with Gasteiger partial charge in [-0.25, -0.2) is 0 Å². The lowest BCUT2D eigenvalue weighted by Crippen LogP contribution is -2.33. The second-order valence-electron chi connectivity index (χ2n) is 4.75. The Morgan fingerprint density at radius 1 is 1.40 bits per heavy atom. The molecule has 0 aliphatic heterocycles. The van der Waals surface area contributed by atoms with Crippen molar-refractivity contribution in [3.8, 4) is 0 Å². The molecule has 0 aromatic heterocycles. The minimum absolute atomic E-state index is 0.368. The molecule has 0 amide bonds. The zero-order valence-electron chi connectivity index (χ0n) is 10.5. The van der Waals surface area contributed by atoms with Gasteiger partial charge >= 0.3 is 0 Å². The highest BCUT2D eigenvalue weighted by Gasteiger charge is 2.16. The van der Waals surface area contributed by atoms with Gasteiger partial charge in [0.1, 0.15) is 0 Å². The molecule has 0 aliphatic rings. The highest BCUT2D eigenvalue weighted by molar-refractivity contribution is 7.99. The lowest BCUT2D eigenvalue weighted by Gasteiger charge is -2.20. The molecule has 0 fully saturated rings. The van der Waals surface area contributed by atoms with E-state index in [0.29, 0.717) is 6.54 Å². The Labute approximate surface area is 99.0 Å². The van der Waals surface area contributed by atoms with Gasteiger partial charge in [-0.1, -0.05) is 20.3 Å². The molecule has 0 aliphatic carbocycles. The molecule has 0 radical (unpaired) electrons. The van der Waals surface area contributed by atoms with Gasteiger partial charge in [-0.3, -0.25) is 0 Å². The van der Waals surface area contributed by atoms with Crippen LogP contribution in [0.25, 0.3) is 0 Å². The second-order valence-corrected chi connectivity index (χ2v) is 5.90. The van der Waals surface area contributed by atoms with Crippen LogP contribution in [0.3, 0.4) is 0 Å². The third-order valence-corrected chi connectivity index (χ3v) is 4.18. The molecule has 15 heavy (non-hydrogen) atoms. The normalized spacial score (nSPS) is 17.4. The highest BCUT2D eigenvalue weighted by Crippen LogP contribution is 2.16. The number of rotatable bonds is 9. The predicted molar refractivity (Wildman–Crippen MR) is 70.3 cm³/mol. The van der Waals surface area contributed by atoms with E-state index < -0.39 is 5.60 Å². The average molecular weight is 233 g/mol. The van der Waals surface area contributed by atoms with Crippen molar-refractivity contribution in [3.05, 3.63) is 0 Å². The van der Waals surface area contributed by atoms with Crippen LogP contribution >= 0.6 is 11.8 Å². The Kier molecular flexibility index (Phi) is 8.58. The van der Waals surface area contributed by atoms with Crippen LogP contribution in [-0.4, -0.2) is 28.8 Å². The first kappa shape index (κ1) is 15.3. The molecule has 92 valence electrons. The van der Waals surface area contributed by atoms with E-state index >= 15 is 0 Å². The summed E-state index contributed by atoms with van der Waals surface area (Å²) >= 11 is 2.03. The molecule has 3 N–H and O–H groups in total. The minimum atomic E-state index is -0.651. The smallest absolute Gasteiger partial charge is 0.0741 e. The van der Waals surface area contributed by atoms with Gasteiger partial charge < -0.3 is 10.8 Å². The SMILES string of the molecule is CCC(C)CSCCCCC(C)(O)CN. The van der Waals surface area contributed by atoms with Crippen molar-refractivity contribution in [2.24, 2.45) is 11.7 Å². The summed E-state index contributed by atoms with van der Waals surface area (Å²) in [6, 6.07) is 0. The fourth-order valence-electron chi connectivity index (χ4n) is 1.21. The maximum Gasteiger partial charge on any atom is 0.0741 e. The van der Waals surface area contributed by atoms with Crippen LogP contribution in [0.1, 0.15) is 46.5 Å². The number of aliphatic hydroxyl groups is 1. The summed E-state index contributed by atoms with van der Waals surface area (Å²) in [7, 11) is 0. The van der Waals surface area contributed by atoms with E-state index in [2.05, 4.69) is 13.8 Å². The molecular weight excluding hydrogens is 206 g/mol. The summed E-state index contributed by atoms with van der Waals surface area (Å²) in [6.07, 6.45) is 4.37. The van der Waals surface area contributed by atoms with Gasteiger partial charge in [0.2, 0.25) is 0 Å². The number of nitrogens with two attached hydrogens (primary N) is 1. The fourth-order valence-corrected chi connectivity index (χ4v) is 2.43. The Morgan fingerprint density at radius 2 is 2.07 bits per heavy atom. The molecule has 0 aromatic rings. The van der Waals surface area contributed by atoms with E-state index in [1.54, 1.807) is 0 Å². The van der Waals surface area contributed by atoms with Crippen LogP contribution in [0.4, 0.5) is 0 Å². The number of hydrogen-bond donors (Lipinski definition) is 2. The summed E-state index contributed by atoms with van der Waals surface area (Å²) in [5.41, 5.74) is 4.80. The quantitative estimate of drug-likeness (QED) is 0.602. The van der Waals surface area contributed by atoms with Crippen molar-refractivity contribution in [3.63, 3.8) is 0 Å². The number of unbranched alkanes of at least 4 members (excludes halogenated alkanes) is 1. The maximum absolute atomic E-state index is 9.67. The van der Waals surface area contributed by atoms with Crippen molar-refractivity contribution in [2.75, 3.05) is 18.1 Å². The van der Waals surface area contributed by atoms with Crippen LogP contribution < -0.4 is 5.73 Å². The molecule has 0 saturated heterocycles. The molecule has 2 nitrogen and oxygen atoms in total. The van der Waals surface area contributed by atoms with E-state index in [1.165, 1.54) is 24.3 Å².